The summed E-state index contributed by atoms with van der Waals surface area (Å²) in [6, 6.07) is 3.09. The number of methoxy groups -OCH3 is 1. The van der Waals surface area contributed by atoms with E-state index >= 15 is 0 Å². The molecule has 152 valence electrons. The molecule has 28 heavy (non-hydrogen) atoms. The average molecular weight is 407 g/mol. The van der Waals surface area contributed by atoms with Gasteiger partial charge in [0.25, 0.3) is 0 Å². The van der Waals surface area contributed by atoms with E-state index in [1.165, 1.54) is 30.7 Å². The van der Waals surface area contributed by atoms with Crippen molar-refractivity contribution >= 4 is 28.4 Å². The highest BCUT2D eigenvalue weighted by Crippen LogP contribution is 2.38. The van der Waals surface area contributed by atoms with Gasteiger partial charge in [-0.3, -0.25) is 15.5 Å². The Morgan fingerprint density at radius 2 is 2.11 bits per heavy atom. The van der Waals surface area contributed by atoms with E-state index in [-0.39, 0.29) is 11.4 Å². The Kier molecular flexibility index (Phi) is 8.19. The van der Waals surface area contributed by atoms with Crippen LogP contribution in [0.4, 0.5) is 10.8 Å². The molecule has 1 aromatic heterocycles. The Labute approximate surface area is 168 Å². The molecule has 1 heterocycles. The Balaban J connectivity index is 2.15. The van der Waals surface area contributed by atoms with Crippen molar-refractivity contribution in [2.24, 2.45) is 5.10 Å². The lowest BCUT2D eigenvalue weighted by molar-refractivity contribution is -0.386. The molecule has 0 fully saturated rings. The first-order valence-corrected chi connectivity index (χ1v) is 10.00. The van der Waals surface area contributed by atoms with E-state index in [0.717, 1.165) is 36.3 Å². The maximum atomic E-state index is 11.5. The summed E-state index contributed by atoms with van der Waals surface area (Å²) in [4.78, 5) is 16.5. The van der Waals surface area contributed by atoms with Gasteiger partial charge in [0.15, 0.2) is 5.75 Å². The molecule has 0 unspecified atom stereocenters. The van der Waals surface area contributed by atoms with Crippen molar-refractivity contribution in [1.82, 2.24) is 4.98 Å². The Morgan fingerprint density at radius 1 is 1.32 bits per heavy atom. The molecule has 0 bridgehead atoms. The zero-order chi connectivity index (χ0) is 20.5. The molecule has 0 saturated heterocycles. The van der Waals surface area contributed by atoms with E-state index in [2.05, 4.69) is 22.4 Å². The fourth-order valence-corrected chi connectivity index (χ4v) is 3.27. The predicted molar refractivity (Wildman–Crippen MR) is 112 cm³/mol. The molecule has 2 aromatic rings. The maximum Gasteiger partial charge on any atom is 0.315 e. The zero-order valence-corrected chi connectivity index (χ0v) is 17.5. The minimum Gasteiger partial charge on any atom is -0.493 e. The first-order valence-electron chi connectivity index (χ1n) is 9.18. The number of benzene rings is 1. The highest BCUT2D eigenvalue weighted by molar-refractivity contribution is 7.15. The van der Waals surface area contributed by atoms with Crippen LogP contribution in [-0.4, -0.2) is 29.8 Å². The van der Waals surface area contributed by atoms with E-state index in [0.29, 0.717) is 23.1 Å². The van der Waals surface area contributed by atoms with Crippen LogP contribution in [0.2, 0.25) is 0 Å². The molecule has 1 N–H and O–H groups in total. The van der Waals surface area contributed by atoms with Gasteiger partial charge < -0.3 is 9.47 Å². The summed E-state index contributed by atoms with van der Waals surface area (Å²) in [5, 5.41) is 16.3. The topological polar surface area (TPSA) is 98.9 Å². The number of hydrogen-bond donors (Lipinski definition) is 1. The smallest absolute Gasteiger partial charge is 0.315 e. The number of aryl methyl sites for hydroxylation is 2. The first kappa shape index (κ1) is 21.6. The van der Waals surface area contributed by atoms with Crippen LogP contribution >= 0.6 is 11.3 Å². The molecule has 0 aliphatic rings. The lowest BCUT2D eigenvalue weighted by atomic mass is 10.1. The minimum atomic E-state index is -0.470. The van der Waals surface area contributed by atoms with Crippen LogP contribution in [0.1, 0.15) is 48.7 Å². The normalized spacial score (nSPS) is 11.0. The number of hydrazone groups is 1. The van der Waals surface area contributed by atoms with Gasteiger partial charge in [0.05, 0.1) is 30.5 Å². The van der Waals surface area contributed by atoms with Crippen LogP contribution in [0.5, 0.6) is 11.5 Å². The SMILES string of the molecule is CCCCCCOc1c(OC)cc(/C=N\Nc2nc(C)c(C)s2)cc1[N+](=O)[O-]. The highest BCUT2D eigenvalue weighted by atomic mass is 32.1. The molecule has 0 radical (unpaired) electrons. The molecule has 1 aromatic carbocycles. The second-order valence-corrected chi connectivity index (χ2v) is 7.47. The quantitative estimate of drug-likeness (QED) is 0.242. The van der Waals surface area contributed by atoms with Gasteiger partial charge in [-0.05, 0) is 26.3 Å². The molecule has 0 saturated carbocycles. The molecule has 0 aliphatic carbocycles. The molecule has 2 rings (SSSR count). The van der Waals surface area contributed by atoms with Crippen LogP contribution in [0.15, 0.2) is 17.2 Å². The fraction of sp³-hybridized carbons (Fsp3) is 0.474. The van der Waals surface area contributed by atoms with Gasteiger partial charge in [0.2, 0.25) is 10.9 Å². The number of thiazole rings is 1. The lowest BCUT2D eigenvalue weighted by Crippen LogP contribution is -2.04. The van der Waals surface area contributed by atoms with Gasteiger partial charge in [0, 0.05) is 16.5 Å². The van der Waals surface area contributed by atoms with Gasteiger partial charge in [0.1, 0.15) is 0 Å². The number of nitrogens with zero attached hydrogens (tertiary/aromatic N) is 3. The maximum absolute atomic E-state index is 11.5. The summed E-state index contributed by atoms with van der Waals surface area (Å²) in [6.45, 7) is 6.45. The molecular weight excluding hydrogens is 380 g/mol. The molecule has 0 spiro atoms. The number of hydrogen-bond acceptors (Lipinski definition) is 8. The summed E-state index contributed by atoms with van der Waals surface area (Å²) < 4.78 is 11.0. The highest BCUT2D eigenvalue weighted by Gasteiger charge is 2.22. The Hall–Kier alpha value is -2.68. The summed E-state index contributed by atoms with van der Waals surface area (Å²) >= 11 is 1.49. The van der Waals surface area contributed by atoms with Gasteiger partial charge >= 0.3 is 5.69 Å². The number of nitrogens with one attached hydrogen (secondary N) is 1. The lowest BCUT2D eigenvalue weighted by Gasteiger charge is -2.11. The monoisotopic (exact) mass is 406 g/mol. The van der Waals surface area contributed by atoms with E-state index in [9.17, 15) is 10.1 Å². The molecule has 0 amide bonds. The van der Waals surface area contributed by atoms with Gasteiger partial charge in [-0.1, -0.05) is 26.2 Å². The van der Waals surface area contributed by atoms with Crippen LogP contribution in [0, 0.1) is 24.0 Å². The third-order valence-corrected chi connectivity index (χ3v) is 5.10. The molecule has 0 atom stereocenters. The van der Waals surface area contributed by atoms with Crippen LogP contribution in [-0.2, 0) is 0 Å². The van der Waals surface area contributed by atoms with Crippen molar-refractivity contribution in [2.75, 3.05) is 19.1 Å². The number of anilines is 1. The number of aromatic nitrogens is 1. The largest absolute Gasteiger partial charge is 0.493 e. The first-order chi connectivity index (χ1) is 13.5. The summed E-state index contributed by atoms with van der Waals surface area (Å²) in [5.74, 6) is 0.465. The predicted octanol–water partition coefficient (Wildman–Crippen LogP) is 5.08. The third-order valence-electron chi connectivity index (χ3n) is 4.12. The Morgan fingerprint density at radius 3 is 2.71 bits per heavy atom. The van der Waals surface area contributed by atoms with Gasteiger partial charge in [-0.25, -0.2) is 4.98 Å². The molecule has 0 aliphatic heterocycles. The summed E-state index contributed by atoms with van der Waals surface area (Å²) in [5.41, 5.74) is 4.17. The van der Waals surface area contributed by atoms with Crippen molar-refractivity contribution in [2.45, 2.75) is 46.5 Å². The van der Waals surface area contributed by atoms with Crippen LogP contribution in [0.3, 0.4) is 0 Å². The number of ether oxygens (including phenoxy) is 2. The number of unbranched alkanes of at least 4 members (excludes halogenated alkanes) is 3. The molecule has 8 nitrogen and oxygen atoms in total. The van der Waals surface area contributed by atoms with Crippen LogP contribution < -0.4 is 14.9 Å². The van der Waals surface area contributed by atoms with Crippen molar-refractivity contribution in [1.29, 1.82) is 0 Å². The second-order valence-electron chi connectivity index (χ2n) is 6.27. The number of nitro groups is 1. The molecule has 9 heteroatoms. The summed E-state index contributed by atoms with van der Waals surface area (Å²) in [6.07, 6.45) is 5.59. The van der Waals surface area contributed by atoms with E-state index < -0.39 is 4.92 Å². The number of rotatable bonds is 11. The van der Waals surface area contributed by atoms with E-state index in [4.69, 9.17) is 9.47 Å². The van der Waals surface area contributed by atoms with Crippen molar-refractivity contribution < 1.29 is 14.4 Å². The van der Waals surface area contributed by atoms with Gasteiger partial charge in [-0.15, -0.1) is 11.3 Å². The third kappa shape index (κ3) is 5.91. The summed E-state index contributed by atoms with van der Waals surface area (Å²) in [7, 11) is 1.46. The van der Waals surface area contributed by atoms with Gasteiger partial charge in [-0.2, -0.15) is 5.10 Å². The molecular formula is C19H26N4O4S. The zero-order valence-electron chi connectivity index (χ0n) is 16.7. The van der Waals surface area contributed by atoms with E-state index in [1.807, 2.05) is 13.8 Å². The average Bonchev–Trinajstić information content (AvgIpc) is 2.99. The minimum absolute atomic E-state index is 0.141. The fourth-order valence-electron chi connectivity index (χ4n) is 2.50. The van der Waals surface area contributed by atoms with Crippen LogP contribution in [0.25, 0.3) is 0 Å². The van der Waals surface area contributed by atoms with Crippen molar-refractivity contribution in [3.63, 3.8) is 0 Å². The standard InChI is InChI=1S/C19H26N4O4S/c1-5-6-7-8-9-27-18-16(23(24)25)10-15(11-17(18)26-4)12-20-22-19-21-13(2)14(3)28-19/h10-12H,5-9H2,1-4H3,(H,21,22)/b20-12-. The van der Waals surface area contributed by atoms with Crippen molar-refractivity contribution in [3.05, 3.63) is 38.4 Å². The number of nitro benzene ring substituents is 1. The Bertz CT molecular complexity index is 816. The van der Waals surface area contributed by atoms with E-state index in [1.54, 1.807) is 6.07 Å². The van der Waals surface area contributed by atoms with Crippen molar-refractivity contribution in [3.8, 4) is 11.5 Å². The second kappa shape index (κ2) is 10.6.